The molecule has 10 heavy (non-hydrogen) atoms. The maximum Gasteiger partial charge on any atom is 0.0966 e. The normalized spacial score (nSPS) is 8.50. The van der Waals surface area contributed by atoms with Gasteiger partial charge in [-0.15, -0.1) is 11.3 Å². The van der Waals surface area contributed by atoms with Gasteiger partial charge in [-0.2, -0.15) is 0 Å². The van der Waals surface area contributed by atoms with E-state index >= 15 is 0 Å². The van der Waals surface area contributed by atoms with Crippen LogP contribution in [0.5, 0.6) is 0 Å². The predicted molar refractivity (Wildman–Crippen MR) is 40.7 cm³/mol. The lowest BCUT2D eigenvalue weighted by atomic mass is 10.4. The molecule has 0 aliphatic carbocycles. The average molecular weight is 153 g/mol. The Morgan fingerprint density at radius 3 is 3.20 bits per heavy atom. The van der Waals surface area contributed by atoms with Crippen LogP contribution in [-0.4, -0.2) is 16.7 Å². The number of aromatic nitrogens is 1. The Morgan fingerprint density at radius 1 is 1.70 bits per heavy atom. The zero-order chi connectivity index (χ0) is 7.23. The molecular weight excluding hydrogens is 146 g/mol. The van der Waals surface area contributed by atoms with E-state index in [-0.39, 0.29) is 6.61 Å². The molecule has 0 bridgehead atoms. The molecule has 3 heteroatoms. The maximum atomic E-state index is 8.38. The van der Waals surface area contributed by atoms with E-state index in [1.807, 2.05) is 0 Å². The van der Waals surface area contributed by atoms with Crippen molar-refractivity contribution in [3.63, 3.8) is 0 Å². The van der Waals surface area contributed by atoms with Crippen LogP contribution in [0.4, 0.5) is 0 Å². The van der Waals surface area contributed by atoms with Gasteiger partial charge >= 0.3 is 0 Å². The Kier molecular flexibility index (Phi) is 2.94. The quantitative estimate of drug-likeness (QED) is 0.607. The summed E-state index contributed by atoms with van der Waals surface area (Å²) in [6.45, 7) is 0.131. The Balaban J connectivity index is 2.49. The van der Waals surface area contributed by atoms with Crippen LogP contribution >= 0.6 is 11.3 Å². The van der Waals surface area contributed by atoms with Crippen LogP contribution in [0.3, 0.4) is 0 Å². The van der Waals surface area contributed by atoms with Crippen LogP contribution in [-0.2, 0) is 0 Å². The zero-order valence-corrected chi connectivity index (χ0v) is 6.19. The van der Waals surface area contributed by atoms with Crippen molar-refractivity contribution in [3.05, 3.63) is 16.6 Å². The predicted octanol–water partition coefficient (Wildman–Crippen LogP) is 0.877. The average Bonchev–Trinajstić information content (AvgIpc) is 2.41. The van der Waals surface area contributed by atoms with Crippen LogP contribution in [0, 0.1) is 11.8 Å². The summed E-state index contributed by atoms with van der Waals surface area (Å²) in [6, 6.07) is 0. The Bertz CT molecular complexity index is 232. The molecule has 0 saturated heterocycles. The summed E-state index contributed by atoms with van der Waals surface area (Å²) in [7, 11) is 0. The topological polar surface area (TPSA) is 33.1 Å². The van der Waals surface area contributed by atoms with Gasteiger partial charge in [0, 0.05) is 6.42 Å². The van der Waals surface area contributed by atoms with Gasteiger partial charge in [-0.05, 0) is 0 Å². The van der Waals surface area contributed by atoms with Gasteiger partial charge in [-0.1, -0.05) is 11.8 Å². The summed E-state index contributed by atoms with van der Waals surface area (Å²) in [5, 5.41) is 8.38. The van der Waals surface area contributed by atoms with Crippen molar-refractivity contribution in [1.82, 2.24) is 4.98 Å². The van der Waals surface area contributed by atoms with Crippen molar-refractivity contribution in [2.45, 2.75) is 6.42 Å². The van der Waals surface area contributed by atoms with Gasteiger partial charge in [0.05, 0.1) is 23.2 Å². The van der Waals surface area contributed by atoms with Crippen LogP contribution in [0.25, 0.3) is 0 Å². The van der Waals surface area contributed by atoms with Gasteiger partial charge in [-0.3, -0.25) is 4.98 Å². The number of hydrogen-bond donors (Lipinski definition) is 1. The third-order valence-corrected chi connectivity index (χ3v) is 1.57. The number of thiazole rings is 1. The summed E-state index contributed by atoms with van der Waals surface area (Å²) < 4.78 is 0. The number of rotatable bonds is 1. The molecule has 0 fully saturated rings. The van der Waals surface area contributed by atoms with Crippen LogP contribution in [0.2, 0.25) is 0 Å². The van der Waals surface area contributed by atoms with Crippen LogP contribution in [0.1, 0.15) is 11.3 Å². The Morgan fingerprint density at radius 2 is 2.60 bits per heavy atom. The van der Waals surface area contributed by atoms with Gasteiger partial charge in [0.15, 0.2) is 0 Å². The standard InChI is InChI=1S/C7H7NOS/c9-4-2-1-3-7-5-8-6-10-7/h5-6,9H,2,4H2. The van der Waals surface area contributed by atoms with Crippen molar-refractivity contribution >= 4 is 11.3 Å². The monoisotopic (exact) mass is 153 g/mol. The van der Waals surface area contributed by atoms with E-state index in [1.54, 1.807) is 11.7 Å². The van der Waals surface area contributed by atoms with E-state index in [9.17, 15) is 0 Å². The molecule has 52 valence electrons. The van der Waals surface area contributed by atoms with Gasteiger partial charge < -0.3 is 5.11 Å². The summed E-state index contributed by atoms with van der Waals surface area (Å²) in [5.41, 5.74) is 1.74. The molecule has 0 aliphatic rings. The van der Waals surface area contributed by atoms with E-state index in [1.165, 1.54) is 11.3 Å². The molecule has 2 nitrogen and oxygen atoms in total. The second-order valence-corrected chi connectivity index (χ2v) is 2.53. The van der Waals surface area contributed by atoms with E-state index in [0.29, 0.717) is 6.42 Å². The molecule has 0 aromatic carbocycles. The lowest BCUT2D eigenvalue weighted by molar-refractivity contribution is 0.305. The Labute approximate surface area is 63.5 Å². The largest absolute Gasteiger partial charge is 0.395 e. The third kappa shape index (κ3) is 2.18. The molecule has 0 spiro atoms. The molecule has 0 unspecified atom stereocenters. The third-order valence-electron chi connectivity index (χ3n) is 0.881. The van der Waals surface area contributed by atoms with E-state index in [0.717, 1.165) is 4.88 Å². The van der Waals surface area contributed by atoms with E-state index < -0.39 is 0 Å². The first-order valence-electron chi connectivity index (χ1n) is 2.91. The molecule has 1 N–H and O–H groups in total. The highest BCUT2D eigenvalue weighted by molar-refractivity contribution is 7.10. The molecule has 1 aromatic rings. The second kappa shape index (κ2) is 4.04. The molecular formula is C7H7NOS. The minimum atomic E-state index is 0.131. The van der Waals surface area contributed by atoms with E-state index in [4.69, 9.17) is 5.11 Å². The van der Waals surface area contributed by atoms with Crippen LogP contribution in [0.15, 0.2) is 11.7 Å². The number of hydrogen-bond acceptors (Lipinski definition) is 3. The number of nitrogens with zero attached hydrogens (tertiary/aromatic N) is 1. The van der Waals surface area contributed by atoms with Crippen molar-refractivity contribution in [3.8, 4) is 11.8 Å². The van der Waals surface area contributed by atoms with Crippen molar-refractivity contribution in [1.29, 1.82) is 0 Å². The van der Waals surface area contributed by atoms with Gasteiger partial charge in [0.1, 0.15) is 0 Å². The summed E-state index contributed by atoms with van der Waals surface area (Å²) >= 11 is 1.51. The maximum absolute atomic E-state index is 8.38. The highest BCUT2D eigenvalue weighted by atomic mass is 32.1. The fourth-order valence-corrected chi connectivity index (χ4v) is 0.971. The Hall–Kier alpha value is -0.850. The molecule has 1 rings (SSSR count). The lowest BCUT2D eigenvalue weighted by Crippen LogP contribution is -1.75. The number of aliphatic hydroxyl groups excluding tert-OH is 1. The fraction of sp³-hybridized carbons (Fsp3) is 0.286. The van der Waals surface area contributed by atoms with Crippen molar-refractivity contribution in [2.75, 3.05) is 6.61 Å². The fourth-order valence-electron chi connectivity index (χ4n) is 0.483. The number of aliphatic hydroxyl groups is 1. The second-order valence-electron chi connectivity index (χ2n) is 1.64. The molecule has 0 radical (unpaired) electrons. The molecule has 0 atom stereocenters. The summed E-state index contributed by atoms with van der Waals surface area (Å²) in [4.78, 5) is 4.81. The van der Waals surface area contributed by atoms with Gasteiger partial charge in [0.2, 0.25) is 0 Å². The van der Waals surface area contributed by atoms with Gasteiger partial charge in [0.25, 0.3) is 0 Å². The highest BCUT2D eigenvalue weighted by Crippen LogP contribution is 2.01. The summed E-state index contributed by atoms with van der Waals surface area (Å²) in [5.74, 6) is 5.68. The molecule has 1 heterocycles. The van der Waals surface area contributed by atoms with E-state index in [2.05, 4.69) is 16.8 Å². The van der Waals surface area contributed by atoms with Crippen molar-refractivity contribution < 1.29 is 5.11 Å². The van der Waals surface area contributed by atoms with Crippen LogP contribution < -0.4 is 0 Å². The van der Waals surface area contributed by atoms with Gasteiger partial charge in [-0.25, -0.2) is 0 Å². The van der Waals surface area contributed by atoms with Crippen molar-refractivity contribution in [2.24, 2.45) is 0 Å². The first-order valence-corrected chi connectivity index (χ1v) is 3.79. The first-order chi connectivity index (χ1) is 4.93. The first kappa shape index (κ1) is 7.26. The highest BCUT2D eigenvalue weighted by Gasteiger charge is 1.83. The lowest BCUT2D eigenvalue weighted by Gasteiger charge is -1.76. The smallest absolute Gasteiger partial charge is 0.0966 e. The minimum Gasteiger partial charge on any atom is -0.395 e. The SMILES string of the molecule is OCCC#Cc1cncs1. The zero-order valence-electron chi connectivity index (χ0n) is 5.37. The molecule has 0 saturated carbocycles. The summed E-state index contributed by atoms with van der Waals surface area (Å²) in [6.07, 6.45) is 2.26. The molecule has 0 aliphatic heterocycles. The minimum absolute atomic E-state index is 0.131. The molecule has 0 amide bonds. The molecule has 1 aromatic heterocycles.